The molecule has 0 spiro atoms. The molecule has 0 N–H and O–H groups in total. The van der Waals surface area contributed by atoms with Gasteiger partial charge < -0.3 is 19.6 Å². The van der Waals surface area contributed by atoms with Gasteiger partial charge in [-0.25, -0.2) is 9.18 Å². The van der Waals surface area contributed by atoms with Gasteiger partial charge in [-0.1, -0.05) is 54.6 Å². The fourth-order valence-corrected chi connectivity index (χ4v) is 6.39. The summed E-state index contributed by atoms with van der Waals surface area (Å²) in [7, 11) is 3.74. The highest BCUT2D eigenvalue weighted by Gasteiger charge is 2.35. The molecule has 2 heterocycles. The molecule has 6 nitrogen and oxygen atoms in total. The molecule has 2 aliphatic heterocycles. The van der Waals surface area contributed by atoms with E-state index in [-0.39, 0.29) is 29.8 Å². The van der Waals surface area contributed by atoms with Crippen molar-refractivity contribution in [3.63, 3.8) is 0 Å². The number of aryl methyl sites for hydroxylation is 2. The number of hydrogen-bond donors (Lipinski definition) is 0. The summed E-state index contributed by atoms with van der Waals surface area (Å²) >= 11 is 0. The van der Waals surface area contributed by atoms with Crippen molar-refractivity contribution in [2.24, 2.45) is 0 Å². The summed E-state index contributed by atoms with van der Waals surface area (Å²) in [5, 5.41) is 0. The Bertz CT molecular complexity index is 1390. The minimum absolute atomic E-state index is 0.0268. The SMILES string of the molecule is Cc1ccc(-c2ccc(C(=O)N(C)C3CCN(C(=O)N(C)C4CCN(CCCc5ccccc5)C4)C3)cc2)c(C)c1F. The maximum Gasteiger partial charge on any atom is 0.320 e. The lowest BCUT2D eigenvalue weighted by Gasteiger charge is -2.30. The van der Waals surface area contributed by atoms with Gasteiger partial charge in [0, 0.05) is 51.9 Å². The van der Waals surface area contributed by atoms with Crippen LogP contribution in [0.2, 0.25) is 0 Å². The molecule has 0 aliphatic carbocycles. The van der Waals surface area contributed by atoms with E-state index in [0.717, 1.165) is 56.4 Å². The summed E-state index contributed by atoms with van der Waals surface area (Å²) in [5.41, 5.74) is 4.91. The maximum absolute atomic E-state index is 14.4. The molecule has 7 heteroatoms. The Balaban J connectivity index is 1.11. The summed E-state index contributed by atoms with van der Waals surface area (Å²) in [4.78, 5) is 34.8. The number of hydrogen-bond acceptors (Lipinski definition) is 3. The van der Waals surface area contributed by atoms with Gasteiger partial charge in [0.2, 0.25) is 0 Å². The molecule has 222 valence electrons. The third-order valence-electron chi connectivity index (χ3n) is 9.20. The van der Waals surface area contributed by atoms with Gasteiger partial charge in [-0.05, 0) is 86.0 Å². The fourth-order valence-electron chi connectivity index (χ4n) is 6.39. The first-order valence-corrected chi connectivity index (χ1v) is 15.1. The van der Waals surface area contributed by atoms with Crippen LogP contribution >= 0.6 is 0 Å². The van der Waals surface area contributed by atoms with Crippen molar-refractivity contribution < 1.29 is 14.0 Å². The average Bonchev–Trinajstić information content (AvgIpc) is 3.70. The van der Waals surface area contributed by atoms with E-state index in [1.54, 1.807) is 24.8 Å². The summed E-state index contributed by atoms with van der Waals surface area (Å²) in [6.45, 7) is 7.72. The van der Waals surface area contributed by atoms with Crippen molar-refractivity contribution >= 4 is 11.9 Å². The Labute approximate surface area is 249 Å². The zero-order valence-corrected chi connectivity index (χ0v) is 25.4. The summed E-state index contributed by atoms with van der Waals surface area (Å²) in [6, 6.07) is 21.9. The Hall–Kier alpha value is -3.71. The third kappa shape index (κ3) is 6.51. The Morgan fingerprint density at radius 2 is 1.55 bits per heavy atom. The van der Waals surface area contributed by atoms with Crippen LogP contribution in [0.4, 0.5) is 9.18 Å². The molecule has 3 aromatic carbocycles. The Kier molecular flexibility index (Phi) is 9.27. The molecule has 2 saturated heterocycles. The number of carbonyl (C=O) groups excluding carboxylic acids is 2. The van der Waals surface area contributed by atoms with Crippen LogP contribution in [0.3, 0.4) is 0 Å². The number of amides is 3. The Morgan fingerprint density at radius 1 is 0.857 bits per heavy atom. The van der Waals surface area contributed by atoms with Crippen LogP contribution in [0.1, 0.15) is 46.3 Å². The number of rotatable bonds is 8. The van der Waals surface area contributed by atoms with Gasteiger partial charge in [0.05, 0.1) is 6.04 Å². The highest BCUT2D eigenvalue weighted by atomic mass is 19.1. The van der Waals surface area contributed by atoms with Crippen LogP contribution in [0.5, 0.6) is 0 Å². The van der Waals surface area contributed by atoms with Crippen LogP contribution in [-0.4, -0.2) is 90.4 Å². The van der Waals surface area contributed by atoms with Crippen molar-refractivity contribution in [2.45, 2.75) is 51.6 Å². The van der Waals surface area contributed by atoms with Crippen molar-refractivity contribution in [3.05, 3.63) is 94.8 Å². The maximum atomic E-state index is 14.4. The fraction of sp³-hybridized carbons (Fsp3) is 0.429. The predicted molar refractivity (Wildman–Crippen MR) is 166 cm³/mol. The number of nitrogens with zero attached hydrogens (tertiary/aromatic N) is 4. The zero-order chi connectivity index (χ0) is 29.8. The van der Waals surface area contributed by atoms with E-state index >= 15 is 0 Å². The van der Waals surface area contributed by atoms with Crippen molar-refractivity contribution in [1.82, 2.24) is 19.6 Å². The number of urea groups is 1. The van der Waals surface area contributed by atoms with Crippen molar-refractivity contribution in [3.8, 4) is 11.1 Å². The smallest absolute Gasteiger partial charge is 0.320 e. The van der Waals surface area contributed by atoms with Crippen LogP contribution in [0, 0.1) is 19.7 Å². The normalized spacial score (nSPS) is 18.8. The van der Waals surface area contributed by atoms with E-state index in [0.29, 0.717) is 29.8 Å². The lowest BCUT2D eigenvalue weighted by molar-refractivity contribution is 0.0734. The second-order valence-electron chi connectivity index (χ2n) is 12.0. The summed E-state index contributed by atoms with van der Waals surface area (Å²) < 4.78 is 14.4. The monoisotopic (exact) mass is 570 g/mol. The molecule has 0 bridgehead atoms. The lowest BCUT2D eigenvalue weighted by Crippen LogP contribution is -2.47. The molecular formula is C35H43FN4O2. The van der Waals surface area contributed by atoms with Crippen LogP contribution < -0.4 is 0 Å². The summed E-state index contributed by atoms with van der Waals surface area (Å²) in [5.74, 6) is -0.259. The molecule has 2 fully saturated rings. The molecule has 3 amide bonds. The predicted octanol–water partition coefficient (Wildman–Crippen LogP) is 6.01. The van der Waals surface area contributed by atoms with Gasteiger partial charge in [0.15, 0.2) is 0 Å². The number of likely N-dealkylation sites (tertiary alicyclic amines) is 2. The van der Waals surface area contributed by atoms with Gasteiger partial charge >= 0.3 is 6.03 Å². The third-order valence-corrected chi connectivity index (χ3v) is 9.20. The van der Waals surface area contributed by atoms with E-state index < -0.39 is 0 Å². The highest BCUT2D eigenvalue weighted by Crippen LogP contribution is 2.28. The highest BCUT2D eigenvalue weighted by molar-refractivity contribution is 5.95. The summed E-state index contributed by atoms with van der Waals surface area (Å²) in [6.07, 6.45) is 3.95. The van der Waals surface area contributed by atoms with Crippen molar-refractivity contribution in [2.75, 3.05) is 46.8 Å². The number of likely N-dealkylation sites (N-methyl/N-ethyl adjacent to an activating group) is 2. The minimum Gasteiger partial charge on any atom is -0.337 e. The molecule has 0 radical (unpaired) electrons. The molecule has 2 unspecified atom stereocenters. The quantitative estimate of drug-likeness (QED) is 0.333. The topological polar surface area (TPSA) is 47.1 Å². The van der Waals surface area contributed by atoms with Gasteiger partial charge in [-0.15, -0.1) is 0 Å². The second kappa shape index (κ2) is 13.1. The van der Waals surface area contributed by atoms with Gasteiger partial charge in [-0.2, -0.15) is 0 Å². The molecule has 2 aliphatic rings. The second-order valence-corrected chi connectivity index (χ2v) is 12.0. The van der Waals surface area contributed by atoms with E-state index in [4.69, 9.17) is 0 Å². The standard InChI is InChI=1S/C35H43FN4O2/c1-25-12-17-32(26(2)33(25)36)28-13-15-29(16-14-28)34(41)37(3)31-19-22-40(24-31)35(42)38(4)30-18-21-39(23-30)20-8-11-27-9-6-5-7-10-27/h5-7,9-10,12-17,30-31H,8,11,18-24H2,1-4H3. The van der Waals surface area contributed by atoms with Crippen molar-refractivity contribution in [1.29, 1.82) is 0 Å². The zero-order valence-electron chi connectivity index (χ0n) is 25.4. The first kappa shape index (κ1) is 29.8. The van der Waals surface area contributed by atoms with E-state index in [9.17, 15) is 14.0 Å². The van der Waals surface area contributed by atoms with E-state index in [1.165, 1.54) is 5.56 Å². The van der Waals surface area contributed by atoms with E-state index in [1.807, 2.05) is 54.2 Å². The first-order valence-electron chi connectivity index (χ1n) is 15.1. The van der Waals surface area contributed by atoms with Crippen LogP contribution in [0.25, 0.3) is 11.1 Å². The molecule has 42 heavy (non-hydrogen) atoms. The number of halogens is 1. The van der Waals surface area contributed by atoms with Crippen LogP contribution in [-0.2, 0) is 6.42 Å². The average molecular weight is 571 g/mol. The van der Waals surface area contributed by atoms with Gasteiger partial charge in [-0.3, -0.25) is 4.79 Å². The molecule has 0 saturated carbocycles. The molecular weight excluding hydrogens is 527 g/mol. The number of benzene rings is 3. The Morgan fingerprint density at radius 3 is 2.29 bits per heavy atom. The molecule has 2 atom stereocenters. The lowest BCUT2D eigenvalue weighted by atomic mass is 9.97. The molecule has 5 rings (SSSR count). The molecule has 3 aromatic rings. The minimum atomic E-state index is -0.192. The van der Waals surface area contributed by atoms with Gasteiger partial charge in [0.1, 0.15) is 5.82 Å². The van der Waals surface area contributed by atoms with E-state index in [2.05, 4.69) is 35.2 Å². The van der Waals surface area contributed by atoms with Gasteiger partial charge in [0.25, 0.3) is 5.91 Å². The largest absolute Gasteiger partial charge is 0.337 e. The molecule has 0 aromatic heterocycles. The number of carbonyl (C=O) groups is 2. The first-order chi connectivity index (χ1) is 20.2. The van der Waals surface area contributed by atoms with Crippen LogP contribution in [0.15, 0.2) is 66.7 Å².